The van der Waals surface area contributed by atoms with Crippen LogP contribution in [0.4, 0.5) is 10.5 Å². The second kappa shape index (κ2) is 8.53. The van der Waals surface area contributed by atoms with Gasteiger partial charge in [-0.3, -0.25) is 9.78 Å². The van der Waals surface area contributed by atoms with Crippen LogP contribution in [0.2, 0.25) is 0 Å². The Hall–Kier alpha value is -2.89. The Bertz CT molecular complexity index is 641. The van der Waals surface area contributed by atoms with Crippen LogP contribution in [0.25, 0.3) is 0 Å². The fourth-order valence-corrected chi connectivity index (χ4v) is 1.91. The van der Waals surface area contributed by atoms with Gasteiger partial charge in [0.25, 0.3) is 5.91 Å². The van der Waals surface area contributed by atoms with E-state index in [0.717, 1.165) is 12.0 Å². The molecular formula is C17H20N4O2. The molecule has 23 heavy (non-hydrogen) atoms. The van der Waals surface area contributed by atoms with E-state index in [1.54, 1.807) is 36.7 Å². The Kier molecular flexibility index (Phi) is 6.11. The molecule has 120 valence electrons. The molecule has 1 aromatic carbocycles. The Labute approximate surface area is 135 Å². The monoisotopic (exact) mass is 312 g/mol. The van der Waals surface area contributed by atoms with Gasteiger partial charge in [0.1, 0.15) is 0 Å². The predicted octanol–water partition coefficient (Wildman–Crippen LogP) is 2.54. The number of hydrogen-bond acceptors (Lipinski definition) is 3. The van der Waals surface area contributed by atoms with Gasteiger partial charge in [-0.1, -0.05) is 13.0 Å². The maximum absolute atomic E-state index is 11.8. The van der Waals surface area contributed by atoms with E-state index in [9.17, 15) is 9.59 Å². The highest BCUT2D eigenvalue weighted by molar-refractivity contribution is 5.95. The van der Waals surface area contributed by atoms with E-state index in [1.165, 1.54) is 0 Å². The van der Waals surface area contributed by atoms with Gasteiger partial charge in [0.2, 0.25) is 0 Å². The smallest absolute Gasteiger partial charge is 0.319 e. The van der Waals surface area contributed by atoms with E-state index >= 15 is 0 Å². The summed E-state index contributed by atoms with van der Waals surface area (Å²) in [5, 5.41) is 8.27. The van der Waals surface area contributed by atoms with Crippen LogP contribution < -0.4 is 16.0 Å². The predicted molar refractivity (Wildman–Crippen MR) is 89.2 cm³/mol. The third-order valence-electron chi connectivity index (χ3n) is 3.12. The first kappa shape index (κ1) is 16.5. The second-order valence-corrected chi connectivity index (χ2v) is 5.00. The molecule has 2 aromatic rings. The first-order valence-corrected chi connectivity index (χ1v) is 7.51. The van der Waals surface area contributed by atoms with E-state index in [1.807, 2.05) is 19.1 Å². The van der Waals surface area contributed by atoms with Crippen LogP contribution >= 0.6 is 0 Å². The van der Waals surface area contributed by atoms with Crippen molar-refractivity contribution >= 4 is 17.6 Å². The highest BCUT2D eigenvalue weighted by Gasteiger charge is 2.06. The van der Waals surface area contributed by atoms with Crippen LogP contribution in [0.5, 0.6) is 0 Å². The fourth-order valence-electron chi connectivity index (χ4n) is 1.91. The van der Waals surface area contributed by atoms with Crippen LogP contribution in [-0.4, -0.2) is 23.5 Å². The molecule has 0 aliphatic carbocycles. The van der Waals surface area contributed by atoms with Crippen LogP contribution in [0.3, 0.4) is 0 Å². The lowest BCUT2D eigenvalue weighted by Crippen LogP contribution is -2.28. The number of carbonyl (C=O) groups excluding carboxylic acids is 2. The fraction of sp³-hybridized carbons (Fsp3) is 0.235. The van der Waals surface area contributed by atoms with E-state index in [2.05, 4.69) is 20.9 Å². The van der Waals surface area contributed by atoms with Gasteiger partial charge in [0.15, 0.2) is 0 Å². The normalized spacial score (nSPS) is 9.96. The summed E-state index contributed by atoms with van der Waals surface area (Å²) in [6, 6.07) is 10.2. The van der Waals surface area contributed by atoms with Gasteiger partial charge in [-0.25, -0.2) is 4.79 Å². The summed E-state index contributed by atoms with van der Waals surface area (Å²) in [6.45, 7) is 3.05. The van der Waals surface area contributed by atoms with Gasteiger partial charge in [0, 0.05) is 36.7 Å². The molecule has 0 radical (unpaired) electrons. The number of benzene rings is 1. The molecule has 0 spiro atoms. The number of nitrogens with one attached hydrogen (secondary N) is 3. The van der Waals surface area contributed by atoms with Crippen molar-refractivity contribution in [1.29, 1.82) is 0 Å². The summed E-state index contributed by atoms with van der Waals surface area (Å²) in [6.07, 6.45) is 4.27. The SMILES string of the molecule is CCCNC(=O)c1ccc(NC(=O)NCc2cccnc2)cc1. The quantitative estimate of drug-likeness (QED) is 0.766. The molecule has 6 heteroatoms. The molecular weight excluding hydrogens is 292 g/mol. The van der Waals surface area contributed by atoms with Crippen molar-refractivity contribution in [3.05, 3.63) is 59.9 Å². The molecule has 0 unspecified atom stereocenters. The molecule has 0 aliphatic rings. The summed E-state index contributed by atoms with van der Waals surface area (Å²) < 4.78 is 0. The van der Waals surface area contributed by atoms with Gasteiger partial charge < -0.3 is 16.0 Å². The van der Waals surface area contributed by atoms with Crippen LogP contribution in [0, 0.1) is 0 Å². The van der Waals surface area contributed by atoms with Crippen LogP contribution in [0.15, 0.2) is 48.8 Å². The van der Waals surface area contributed by atoms with Crippen LogP contribution in [-0.2, 0) is 6.54 Å². The molecule has 0 saturated heterocycles. The molecule has 1 aromatic heterocycles. The molecule has 1 heterocycles. The number of urea groups is 1. The number of aromatic nitrogens is 1. The Morgan fingerprint density at radius 2 is 1.87 bits per heavy atom. The first-order valence-electron chi connectivity index (χ1n) is 7.51. The zero-order valence-corrected chi connectivity index (χ0v) is 13.0. The van der Waals surface area contributed by atoms with Crippen molar-refractivity contribution in [2.45, 2.75) is 19.9 Å². The summed E-state index contributed by atoms with van der Waals surface area (Å²) >= 11 is 0. The molecule has 0 atom stereocenters. The van der Waals surface area contributed by atoms with E-state index in [4.69, 9.17) is 0 Å². The van der Waals surface area contributed by atoms with Crippen molar-refractivity contribution in [2.75, 3.05) is 11.9 Å². The van der Waals surface area contributed by atoms with E-state index in [0.29, 0.717) is 24.3 Å². The zero-order valence-electron chi connectivity index (χ0n) is 13.0. The number of amides is 3. The van der Waals surface area contributed by atoms with Gasteiger partial charge in [-0.15, -0.1) is 0 Å². The molecule has 6 nitrogen and oxygen atoms in total. The largest absolute Gasteiger partial charge is 0.352 e. The van der Waals surface area contributed by atoms with Crippen LogP contribution in [0.1, 0.15) is 29.3 Å². The molecule has 0 fully saturated rings. The summed E-state index contributed by atoms with van der Waals surface area (Å²) in [7, 11) is 0. The highest BCUT2D eigenvalue weighted by atomic mass is 16.2. The zero-order chi connectivity index (χ0) is 16.5. The average molecular weight is 312 g/mol. The molecule has 2 rings (SSSR count). The van der Waals surface area contributed by atoms with Gasteiger partial charge in [-0.05, 0) is 42.3 Å². The van der Waals surface area contributed by atoms with Gasteiger partial charge >= 0.3 is 6.03 Å². The summed E-state index contributed by atoms with van der Waals surface area (Å²) in [5.74, 6) is -0.112. The van der Waals surface area contributed by atoms with Crippen molar-refractivity contribution in [2.24, 2.45) is 0 Å². The number of pyridine rings is 1. The first-order chi connectivity index (χ1) is 11.2. The lowest BCUT2D eigenvalue weighted by molar-refractivity contribution is 0.0953. The van der Waals surface area contributed by atoms with Gasteiger partial charge in [0.05, 0.1) is 0 Å². The van der Waals surface area contributed by atoms with Crippen molar-refractivity contribution in [1.82, 2.24) is 15.6 Å². The summed E-state index contributed by atoms with van der Waals surface area (Å²) in [5.41, 5.74) is 2.12. The number of hydrogen-bond donors (Lipinski definition) is 3. The third kappa shape index (κ3) is 5.43. The Morgan fingerprint density at radius 1 is 1.09 bits per heavy atom. The second-order valence-electron chi connectivity index (χ2n) is 5.00. The maximum Gasteiger partial charge on any atom is 0.319 e. The number of nitrogens with zero attached hydrogens (tertiary/aromatic N) is 1. The van der Waals surface area contributed by atoms with Crippen molar-refractivity contribution in [3.63, 3.8) is 0 Å². The topological polar surface area (TPSA) is 83.1 Å². The molecule has 0 bridgehead atoms. The van der Waals surface area contributed by atoms with Crippen molar-refractivity contribution in [3.8, 4) is 0 Å². The average Bonchev–Trinajstić information content (AvgIpc) is 2.59. The molecule has 0 aliphatic heterocycles. The van der Waals surface area contributed by atoms with E-state index < -0.39 is 0 Å². The lowest BCUT2D eigenvalue weighted by atomic mass is 10.2. The maximum atomic E-state index is 11.8. The molecule has 3 N–H and O–H groups in total. The van der Waals surface area contributed by atoms with Gasteiger partial charge in [-0.2, -0.15) is 0 Å². The standard InChI is InChI=1S/C17H20N4O2/c1-2-9-19-16(22)14-5-7-15(8-6-14)21-17(23)20-12-13-4-3-10-18-11-13/h3-8,10-11H,2,9,12H2,1H3,(H,19,22)(H2,20,21,23). The van der Waals surface area contributed by atoms with Crippen molar-refractivity contribution < 1.29 is 9.59 Å². The Balaban J connectivity index is 1.83. The third-order valence-corrected chi connectivity index (χ3v) is 3.12. The minimum absolute atomic E-state index is 0.112. The number of rotatable bonds is 6. The lowest BCUT2D eigenvalue weighted by Gasteiger charge is -2.08. The number of anilines is 1. The number of carbonyl (C=O) groups is 2. The molecule has 0 saturated carbocycles. The Morgan fingerprint density at radius 3 is 2.52 bits per heavy atom. The minimum atomic E-state index is -0.308. The molecule has 3 amide bonds. The van der Waals surface area contributed by atoms with E-state index in [-0.39, 0.29) is 11.9 Å². The highest BCUT2D eigenvalue weighted by Crippen LogP contribution is 2.09. The minimum Gasteiger partial charge on any atom is -0.352 e. The summed E-state index contributed by atoms with van der Waals surface area (Å²) in [4.78, 5) is 27.6.